The molecule has 80 valence electrons. The van der Waals surface area contributed by atoms with Gasteiger partial charge in [-0.25, -0.2) is 9.97 Å². The van der Waals surface area contributed by atoms with Gasteiger partial charge in [0.2, 0.25) is 11.9 Å². The van der Waals surface area contributed by atoms with Gasteiger partial charge in [0.1, 0.15) is 0 Å². The van der Waals surface area contributed by atoms with Crippen molar-refractivity contribution < 1.29 is 4.79 Å². The molecule has 0 unspecified atom stereocenters. The molecule has 0 saturated carbocycles. The van der Waals surface area contributed by atoms with E-state index in [2.05, 4.69) is 9.97 Å². The molecule has 1 aromatic heterocycles. The van der Waals surface area contributed by atoms with E-state index in [1.54, 1.807) is 24.5 Å². The lowest BCUT2D eigenvalue weighted by molar-refractivity contribution is -0.117. The van der Waals surface area contributed by atoms with Crippen LogP contribution in [0.1, 0.15) is 12.0 Å². The van der Waals surface area contributed by atoms with E-state index in [-0.39, 0.29) is 12.3 Å². The number of amides is 1. The predicted octanol–water partition coefficient (Wildman–Crippen LogP) is 0.431. The second kappa shape index (κ2) is 5.09. The summed E-state index contributed by atoms with van der Waals surface area (Å²) in [5.41, 5.74) is 5.84. The third-order valence-electron chi connectivity index (χ3n) is 1.69. The standard InChI is InChI=1S/C10H14N4O/c1-14(2)10-12-6-8(7-13-10)4-3-5-9(11)15/h3-4,6-7H,5H2,1-2H3,(H2,11,15). The number of nitrogens with two attached hydrogens (primary N) is 1. The fourth-order valence-corrected chi connectivity index (χ4v) is 0.959. The molecule has 5 nitrogen and oxygen atoms in total. The molecule has 2 N–H and O–H groups in total. The molecule has 0 bridgehead atoms. The van der Waals surface area contributed by atoms with Crippen LogP contribution in [0.15, 0.2) is 18.5 Å². The Morgan fingerprint density at radius 1 is 1.47 bits per heavy atom. The van der Waals surface area contributed by atoms with Crippen LogP contribution in [-0.4, -0.2) is 30.0 Å². The second-order valence-electron chi connectivity index (χ2n) is 3.28. The molecule has 1 amide bonds. The number of anilines is 1. The first kappa shape index (κ1) is 11.2. The molecule has 0 radical (unpaired) electrons. The summed E-state index contributed by atoms with van der Waals surface area (Å²) >= 11 is 0. The third-order valence-corrected chi connectivity index (χ3v) is 1.69. The number of aromatic nitrogens is 2. The van der Waals surface area contributed by atoms with Crippen molar-refractivity contribution in [2.75, 3.05) is 19.0 Å². The molecular formula is C10H14N4O. The van der Waals surface area contributed by atoms with Gasteiger partial charge in [0.15, 0.2) is 0 Å². The van der Waals surface area contributed by atoms with Gasteiger partial charge in [-0.3, -0.25) is 4.79 Å². The van der Waals surface area contributed by atoms with Crippen LogP contribution < -0.4 is 10.6 Å². The first-order chi connectivity index (χ1) is 7.09. The van der Waals surface area contributed by atoms with Crippen molar-refractivity contribution in [3.63, 3.8) is 0 Å². The lowest BCUT2D eigenvalue weighted by Crippen LogP contribution is -2.12. The number of hydrogen-bond acceptors (Lipinski definition) is 4. The molecule has 0 aliphatic heterocycles. The van der Waals surface area contributed by atoms with Gasteiger partial charge in [-0.15, -0.1) is 0 Å². The molecule has 0 aliphatic rings. The molecule has 0 fully saturated rings. The summed E-state index contributed by atoms with van der Waals surface area (Å²) in [4.78, 5) is 20.5. The van der Waals surface area contributed by atoms with Crippen LogP contribution in [0.25, 0.3) is 6.08 Å². The highest BCUT2D eigenvalue weighted by atomic mass is 16.1. The molecule has 0 aromatic carbocycles. The zero-order chi connectivity index (χ0) is 11.3. The minimum atomic E-state index is -0.350. The highest BCUT2D eigenvalue weighted by molar-refractivity contribution is 5.76. The summed E-state index contributed by atoms with van der Waals surface area (Å²) in [6.45, 7) is 0. The maximum Gasteiger partial charge on any atom is 0.224 e. The zero-order valence-electron chi connectivity index (χ0n) is 8.84. The quantitative estimate of drug-likeness (QED) is 0.775. The largest absolute Gasteiger partial charge is 0.369 e. The molecular weight excluding hydrogens is 192 g/mol. The summed E-state index contributed by atoms with van der Waals surface area (Å²) in [5.74, 6) is 0.305. The zero-order valence-corrected chi connectivity index (χ0v) is 8.84. The average Bonchev–Trinajstić information content (AvgIpc) is 2.18. The number of carbonyl (C=O) groups excluding carboxylic acids is 1. The van der Waals surface area contributed by atoms with Gasteiger partial charge >= 0.3 is 0 Å². The van der Waals surface area contributed by atoms with Gasteiger partial charge in [0.25, 0.3) is 0 Å². The van der Waals surface area contributed by atoms with Crippen LogP contribution in [0.4, 0.5) is 5.95 Å². The van der Waals surface area contributed by atoms with Crippen LogP contribution in [0, 0.1) is 0 Å². The molecule has 0 saturated heterocycles. The first-order valence-corrected chi connectivity index (χ1v) is 4.54. The van der Waals surface area contributed by atoms with E-state index in [0.29, 0.717) is 5.95 Å². The fraction of sp³-hybridized carbons (Fsp3) is 0.300. The van der Waals surface area contributed by atoms with Crippen LogP contribution in [0.2, 0.25) is 0 Å². The lowest BCUT2D eigenvalue weighted by Gasteiger charge is -2.08. The minimum Gasteiger partial charge on any atom is -0.369 e. The SMILES string of the molecule is CN(C)c1ncc(C=CCC(N)=O)cn1. The van der Waals surface area contributed by atoms with Crippen molar-refractivity contribution in [2.45, 2.75) is 6.42 Å². The predicted molar refractivity (Wildman–Crippen MR) is 59.2 cm³/mol. The topological polar surface area (TPSA) is 72.1 Å². The average molecular weight is 206 g/mol. The number of hydrogen-bond donors (Lipinski definition) is 1. The molecule has 0 atom stereocenters. The highest BCUT2D eigenvalue weighted by Crippen LogP contribution is 2.04. The first-order valence-electron chi connectivity index (χ1n) is 4.54. The molecule has 0 aliphatic carbocycles. The number of rotatable bonds is 4. The van der Waals surface area contributed by atoms with Crippen molar-refractivity contribution in [2.24, 2.45) is 5.73 Å². The molecule has 15 heavy (non-hydrogen) atoms. The summed E-state index contributed by atoms with van der Waals surface area (Å²) < 4.78 is 0. The number of primary amides is 1. The van der Waals surface area contributed by atoms with E-state index in [1.807, 2.05) is 19.0 Å². The van der Waals surface area contributed by atoms with Gasteiger partial charge in [-0.1, -0.05) is 12.2 Å². The van der Waals surface area contributed by atoms with E-state index in [0.717, 1.165) is 5.56 Å². The highest BCUT2D eigenvalue weighted by Gasteiger charge is 1.96. The number of carbonyl (C=O) groups is 1. The lowest BCUT2D eigenvalue weighted by atomic mass is 10.3. The summed E-state index contributed by atoms with van der Waals surface area (Å²) in [7, 11) is 3.75. The van der Waals surface area contributed by atoms with Gasteiger partial charge < -0.3 is 10.6 Å². The van der Waals surface area contributed by atoms with Gasteiger partial charge in [0, 0.05) is 38.5 Å². The van der Waals surface area contributed by atoms with Crippen molar-refractivity contribution in [3.05, 3.63) is 24.0 Å². The minimum absolute atomic E-state index is 0.232. The summed E-state index contributed by atoms with van der Waals surface area (Å²) in [5, 5.41) is 0. The van der Waals surface area contributed by atoms with E-state index in [9.17, 15) is 4.79 Å². The Morgan fingerprint density at radius 2 is 2.07 bits per heavy atom. The molecule has 1 rings (SSSR count). The van der Waals surface area contributed by atoms with Crippen LogP contribution in [-0.2, 0) is 4.79 Å². The Labute approximate surface area is 88.6 Å². The number of nitrogens with zero attached hydrogens (tertiary/aromatic N) is 3. The Bertz CT molecular complexity index is 356. The molecule has 1 heterocycles. The Hall–Kier alpha value is -1.91. The smallest absolute Gasteiger partial charge is 0.224 e. The second-order valence-corrected chi connectivity index (χ2v) is 3.28. The van der Waals surface area contributed by atoms with E-state index in [4.69, 9.17) is 5.73 Å². The van der Waals surface area contributed by atoms with Gasteiger partial charge in [-0.2, -0.15) is 0 Å². The fourth-order valence-electron chi connectivity index (χ4n) is 0.959. The van der Waals surface area contributed by atoms with Crippen molar-refractivity contribution in [3.8, 4) is 0 Å². The summed E-state index contributed by atoms with van der Waals surface area (Å²) in [6.07, 6.45) is 7.08. The van der Waals surface area contributed by atoms with Crippen LogP contribution in [0.3, 0.4) is 0 Å². The molecule has 5 heteroatoms. The van der Waals surface area contributed by atoms with Crippen molar-refractivity contribution in [1.29, 1.82) is 0 Å². The molecule has 0 spiro atoms. The monoisotopic (exact) mass is 206 g/mol. The van der Waals surface area contributed by atoms with E-state index >= 15 is 0 Å². The third kappa shape index (κ3) is 3.76. The van der Waals surface area contributed by atoms with E-state index in [1.165, 1.54) is 0 Å². The van der Waals surface area contributed by atoms with E-state index < -0.39 is 0 Å². The van der Waals surface area contributed by atoms with Gasteiger partial charge in [0.05, 0.1) is 0 Å². The Kier molecular flexibility index (Phi) is 3.79. The Morgan fingerprint density at radius 3 is 2.53 bits per heavy atom. The Balaban J connectivity index is 2.64. The van der Waals surface area contributed by atoms with Gasteiger partial charge in [-0.05, 0) is 0 Å². The summed E-state index contributed by atoms with van der Waals surface area (Å²) in [6, 6.07) is 0. The van der Waals surface area contributed by atoms with Crippen LogP contribution >= 0.6 is 0 Å². The normalized spacial score (nSPS) is 10.5. The van der Waals surface area contributed by atoms with Crippen molar-refractivity contribution in [1.82, 2.24) is 9.97 Å². The maximum atomic E-state index is 10.5. The maximum absolute atomic E-state index is 10.5. The van der Waals surface area contributed by atoms with Crippen LogP contribution in [0.5, 0.6) is 0 Å². The molecule has 1 aromatic rings. The van der Waals surface area contributed by atoms with Crippen molar-refractivity contribution >= 4 is 17.9 Å².